The van der Waals surface area contributed by atoms with Crippen molar-refractivity contribution in [2.45, 2.75) is 36.7 Å². The molecule has 0 saturated heterocycles. The van der Waals surface area contributed by atoms with E-state index in [0.717, 1.165) is 31.2 Å². The van der Waals surface area contributed by atoms with Gasteiger partial charge in [-0.2, -0.15) is 0 Å². The van der Waals surface area contributed by atoms with E-state index in [2.05, 4.69) is 4.74 Å². The summed E-state index contributed by atoms with van der Waals surface area (Å²) in [6.45, 7) is 0. The second-order valence-corrected chi connectivity index (χ2v) is 7.18. The molecule has 1 aromatic rings. The molecule has 1 aliphatic rings. The van der Waals surface area contributed by atoms with Gasteiger partial charge >= 0.3 is 5.97 Å². The maximum Gasteiger partial charge on any atom is 0.337 e. The number of carbonyl (C=O) groups excluding carboxylic acids is 1. The van der Waals surface area contributed by atoms with E-state index in [1.165, 1.54) is 7.11 Å². The van der Waals surface area contributed by atoms with E-state index in [1.54, 1.807) is 24.3 Å². The van der Waals surface area contributed by atoms with Crippen molar-refractivity contribution in [2.24, 2.45) is 0 Å². The molecule has 0 amide bonds. The lowest BCUT2D eigenvalue weighted by atomic mass is 10.1. The molecule has 1 aliphatic carbocycles. The third-order valence-electron chi connectivity index (χ3n) is 3.55. The number of hydrogen-bond acceptors (Lipinski definition) is 4. The van der Waals surface area contributed by atoms with Gasteiger partial charge in [-0.25, -0.2) is 13.2 Å². The van der Waals surface area contributed by atoms with Crippen molar-refractivity contribution >= 4 is 15.8 Å². The molecule has 0 atom stereocenters. The van der Waals surface area contributed by atoms with Crippen molar-refractivity contribution in [3.63, 3.8) is 0 Å². The van der Waals surface area contributed by atoms with Crippen molar-refractivity contribution in [1.29, 1.82) is 0 Å². The van der Waals surface area contributed by atoms with Gasteiger partial charge in [-0.05, 0) is 30.5 Å². The molecule has 104 valence electrons. The summed E-state index contributed by atoms with van der Waals surface area (Å²) in [5.41, 5.74) is 1.16. The second kappa shape index (κ2) is 5.74. The first kappa shape index (κ1) is 14.1. The van der Waals surface area contributed by atoms with Crippen LogP contribution < -0.4 is 0 Å². The summed E-state index contributed by atoms with van der Waals surface area (Å²) < 4.78 is 29.0. The zero-order valence-corrected chi connectivity index (χ0v) is 11.8. The Balaban J connectivity index is 2.09. The fourth-order valence-electron chi connectivity index (χ4n) is 2.45. The van der Waals surface area contributed by atoms with Crippen LogP contribution in [0.1, 0.15) is 41.6 Å². The molecular weight excluding hydrogens is 264 g/mol. The summed E-state index contributed by atoms with van der Waals surface area (Å²) in [5.74, 6) is -0.357. The van der Waals surface area contributed by atoms with Crippen LogP contribution in [-0.4, -0.2) is 26.7 Å². The molecule has 0 aliphatic heterocycles. The monoisotopic (exact) mass is 282 g/mol. The van der Waals surface area contributed by atoms with E-state index in [1.807, 2.05) is 0 Å². The topological polar surface area (TPSA) is 60.4 Å². The van der Waals surface area contributed by atoms with Crippen molar-refractivity contribution in [3.05, 3.63) is 35.4 Å². The van der Waals surface area contributed by atoms with E-state index in [9.17, 15) is 13.2 Å². The SMILES string of the molecule is COC(=O)c1ccc(CS(=O)(=O)C2CCCC2)cc1. The maximum atomic E-state index is 12.2. The van der Waals surface area contributed by atoms with Crippen LogP contribution in [-0.2, 0) is 20.3 Å². The molecule has 0 N–H and O–H groups in total. The Labute approximate surface area is 113 Å². The Hall–Kier alpha value is -1.36. The van der Waals surface area contributed by atoms with Crippen molar-refractivity contribution in [1.82, 2.24) is 0 Å². The molecule has 0 unspecified atom stereocenters. The van der Waals surface area contributed by atoms with Crippen LogP contribution >= 0.6 is 0 Å². The second-order valence-electron chi connectivity index (χ2n) is 4.90. The van der Waals surface area contributed by atoms with Gasteiger partial charge in [0.05, 0.1) is 23.7 Å². The molecule has 1 fully saturated rings. The van der Waals surface area contributed by atoms with Gasteiger partial charge in [0.15, 0.2) is 9.84 Å². The smallest absolute Gasteiger partial charge is 0.337 e. The van der Waals surface area contributed by atoms with Crippen LogP contribution in [0.5, 0.6) is 0 Å². The van der Waals surface area contributed by atoms with Gasteiger partial charge in [0.25, 0.3) is 0 Å². The molecule has 0 spiro atoms. The van der Waals surface area contributed by atoms with E-state index < -0.39 is 15.8 Å². The number of sulfone groups is 1. The van der Waals surface area contributed by atoms with E-state index >= 15 is 0 Å². The van der Waals surface area contributed by atoms with E-state index in [4.69, 9.17) is 0 Å². The maximum absolute atomic E-state index is 12.2. The molecule has 0 heterocycles. The number of ether oxygens (including phenoxy) is 1. The molecule has 0 aromatic heterocycles. The van der Waals surface area contributed by atoms with Crippen LogP contribution in [0.15, 0.2) is 24.3 Å². The third-order valence-corrected chi connectivity index (χ3v) is 5.78. The zero-order valence-electron chi connectivity index (χ0n) is 11.0. The Bertz CT molecular complexity index is 539. The minimum atomic E-state index is -3.07. The summed E-state index contributed by atoms with van der Waals surface area (Å²) >= 11 is 0. The minimum absolute atomic E-state index is 0.0547. The van der Waals surface area contributed by atoms with Crippen LogP contribution in [0.25, 0.3) is 0 Å². The largest absolute Gasteiger partial charge is 0.465 e. The predicted molar refractivity (Wildman–Crippen MR) is 72.7 cm³/mol. The molecule has 2 rings (SSSR count). The lowest BCUT2D eigenvalue weighted by molar-refractivity contribution is 0.0600. The molecule has 5 heteroatoms. The fourth-order valence-corrected chi connectivity index (χ4v) is 4.40. The van der Waals surface area contributed by atoms with Gasteiger partial charge in [-0.1, -0.05) is 25.0 Å². The average molecular weight is 282 g/mol. The first-order valence-corrected chi connectivity index (χ1v) is 8.13. The molecule has 1 saturated carbocycles. The average Bonchev–Trinajstić information content (AvgIpc) is 2.93. The van der Waals surface area contributed by atoms with Crippen molar-refractivity contribution in [2.75, 3.05) is 7.11 Å². The molecule has 0 bridgehead atoms. The van der Waals surface area contributed by atoms with E-state index in [0.29, 0.717) is 5.56 Å². The summed E-state index contributed by atoms with van der Waals surface area (Å²) in [7, 11) is -1.75. The van der Waals surface area contributed by atoms with Gasteiger partial charge in [0.2, 0.25) is 0 Å². The van der Waals surface area contributed by atoms with Crippen molar-refractivity contribution < 1.29 is 17.9 Å². The van der Waals surface area contributed by atoms with Gasteiger partial charge in [0, 0.05) is 0 Å². The van der Waals surface area contributed by atoms with Crippen LogP contribution in [0.2, 0.25) is 0 Å². The lowest BCUT2D eigenvalue weighted by Gasteiger charge is -2.11. The summed E-state index contributed by atoms with van der Waals surface area (Å²) in [4.78, 5) is 11.3. The Morgan fingerprint density at radius 1 is 1.21 bits per heavy atom. The highest BCUT2D eigenvalue weighted by atomic mass is 32.2. The lowest BCUT2D eigenvalue weighted by Crippen LogP contribution is -2.19. The number of methoxy groups -OCH3 is 1. The Morgan fingerprint density at radius 2 is 1.79 bits per heavy atom. The number of benzene rings is 1. The van der Waals surface area contributed by atoms with Gasteiger partial charge < -0.3 is 4.74 Å². The van der Waals surface area contributed by atoms with Crippen LogP contribution in [0.4, 0.5) is 0 Å². The third kappa shape index (κ3) is 3.35. The quantitative estimate of drug-likeness (QED) is 0.795. The highest BCUT2D eigenvalue weighted by Crippen LogP contribution is 2.27. The molecule has 19 heavy (non-hydrogen) atoms. The Morgan fingerprint density at radius 3 is 2.32 bits per heavy atom. The van der Waals surface area contributed by atoms with Crippen LogP contribution in [0.3, 0.4) is 0 Å². The van der Waals surface area contributed by atoms with Gasteiger partial charge in [-0.15, -0.1) is 0 Å². The van der Waals surface area contributed by atoms with Gasteiger partial charge in [-0.3, -0.25) is 0 Å². The minimum Gasteiger partial charge on any atom is -0.465 e. The zero-order chi connectivity index (χ0) is 13.9. The number of carbonyl (C=O) groups is 1. The first-order chi connectivity index (χ1) is 9.03. The predicted octanol–water partition coefficient (Wildman–Crippen LogP) is 2.33. The Kier molecular flexibility index (Phi) is 4.24. The number of hydrogen-bond donors (Lipinski definition) is 0. The normalized spacial score (nSPS) is 16.5. The standard InChI is InChI=1S/C14H18O4S/c1-18-14(15)12-8-6-11(7-9-12)10-19(16,17)13-4-2-3-5-13/h6-9,13H,2-5,10H2,1H3. The molecule has 1 aromatic carbocycles. The molecule has 0 radical (unpaired) electrons. The van der Waals surface area contributed by atoms with E-state index in [-0.39, 0.29) is 11.0 Å². The highest BCUT2D eigenvalue weighted by Gasteiger charge is 2.28. The molecule has 4 nitrogen and oxygen atoms in total. The first-order valence-electron chi connectivity index (χ1n) is 6.42. The fraction of sp³-hybridized carbons (Fsp3) is 0.500. The highest BCUT2D eigenvalue weighted by molar-refractivity contribution is 7.91. The molecular formula is C14H18O4S. The van der Waals surface area contributed by atoms with Crippen molar-refractivity contribution in [3.8, 4) is 0 Å². The summed E-state index contributed by atoms with van der Waals surface area (Å²) in [6.07, 6.45) is 3.57. The van der Waals surface area contributed by atoms with Crippen LogP contribution in [0, 0.1) is 0 Å². The number of esters is 1. The summed E-state index contributed by atoms with van der Waals surface area (Å²) in [5, 5.41) is -0.187. The number of rotatable bonds is 4. The van der Waals surface area contributed by atoms with Gasteiger partial charge in [0.1, 0.15) is 0 Å². The summed E-state index contributed by atoms with van der Waals surface area (Å²) in [6, 6.07) is 6.56.